The summed E-state index contributed by atoms with van der Waals surface area (Å²) in [4.78, 5) is 14.4. The maximum atomic E-state index is 12.5. The van der Waals surface area contributed by atoms with E-state index in [0.29, 0.717) is 0 Å². The molecule has 0 unspecified atom stereocenters. The molecule has 1 aliphatic carbocycles. The molecule has 0 aromatic heterocycles. The molecular weight excluding hydrogens is 324 g/mol. The molecule has 1 N–H and O–H groups in total. The van der Waals surface area contributed by atoms with Gasteiger partial charge in [-0.15, -0.1) is 12.4 Å². The Balaban J connectivity index is 0.00000208. The Hall–Kier alpha value is -1.26. The molecule has 2 fully saturated rings. The second-order valence-electron chi connectivity index (χ2n) is 6.71. The zero-order chi connectivity index (χ0) is 15.9. The molecule has 134 valence electrons. The minimum Gasteiger partial charge on any atom is -0.494 e. The van der Waals surface area contributed by atoms with E-state index < -0.39 is 0 Å². The Bertz CT molecular complexity index is 512. The van der Waals surface area contributed by atoms with Crippen molar-refractivity contribution in [2.24, 2.45) is 5.92 Å². The van der Waals surface area contributed by atoms with Crippen LogP contribution in [0.2, 0.25) is 0 Å². The minimum atomic E-state index is 0. The smallest absolute Gasteiger partial charge is 0.254 e. The number of carbonyl (C=O) groups is 1. The van der Waals surface area contributed by atoms with Gasteiger partial charge in [0.1, 0.15) is 5.75 Å². The number of halogens is 1. The van der Waals surface area contributed by atoms with Gasteiger partial charge in [0, 0.05) is 31.7 Å². The molecule has 1 aromatic rings. The van der Waals surface area contributed by atoms with Crippen LogP contribution in [0.1, 0.15) is 48.9 Å². The van der Waals surface area contributed by atoms with E-state index in [1.807, 2.05) is 29.2 Å². The number of benzene rings is 1. The summed E-state index contributed by atoms with van der Waals surface area (Å²) in [6.45, 7) is 4.08. The van der Waals surface area contributed by atoms with E-state index in [9.17, 15) is 4.79 Å². The third kappa shape index (κ3) is 5.38. The average molecular weight is 353 g/mol. The molecule has 0 radical (unpaired) electrons. The lowest BCUT2D eigenvalue weighted by Crippen LogP contribution is -2.46. The van der Waals surface area contributed by atoms with Crippen LogP contribution in [0.25, 0.3) is 0 Å². The van der Waals surface area contributed by atoms with Crippen LogP contribution in [0.15, 0.2) is 24.3 Å². The van der Waals surface area contributed by atoms with Gasteiger partial charge in [-0.1, -0.05) is 38.2 Å². The standard InChI is InChI=1S/C19H28N2O2.ClH/c22-19(21-12-10-20-11-13-21)17-7-4-8-18(15-17)23-14-9-16-5-2-1-3-6-16;/h4,7-8,15-16,20H,1-3,5-6,9-14H2;1H. The summed E-state index contributed by atoms with van der Waals surface area (Å²) in [5.41, 5.74) is 0.738. The summed E-state index contributed by atoms with van der Waals surface area (Å²) in [6.07, 6.45) is 7.98. The van der Waals surface area contributed by atoms with E-state index in [1.165, 1.54) is 32.1 Å². The first-order chi connectivity index (χ1) is 11.3. The van der Waals surface area contributed by atoms with E-state index in [0.717, 1.165) is 56.4 Å². The summed E-state index contributed by atoms with van der Waals surface area (Å²) in [6, 6.07) is 7.66. The Morgan fingerprint density at radius 1 is 1.17 bits per heavy atom. The van der Waals surface area contributed by atoms with Gasteiger partial charge in [0.2, 0.25) is 0 Å². The molecule has 3 rings (SSSR count). The van der Waals surface area contributed by atoms with Gasteiger partial charge in [-0.2, -0.15) is 0 Å². The molecule has 1 heterocycles. The lowest BCUT2D eigenvalue weighted by molar-refractivity contribution is 0.0735. The Labute approximate surface area is 151 Å². The Morgan fingerprint density at radius 2 is 1.92 bits per heavy atom. The van der Waals surface area contributed by atoms with Gasteiger partial charge in [0.05, 0.1) is 6.61 Å². The van der Waals surface area contributed by atoms with Crippen LogP contribution < -0.4 is 10.1 Å². The average Bonchev–Trinajstić information content (AvgIpc) is 2.63. The van der Waals surface area contributed by atoms with E-state index in [-0.39, 0.29) is 18.3 Å². The van der Waals surface area contributed by atoms with Crippen molar-refractivity contribution in [2.75, 3.05) is 32.8 Å². The lowest BCUT2D eigenvalue weighted by atomic mass is 9.87. The molecule has 1 saturated heterocycles. The van der Waals surface area contributed by atoms with Gasteiger partial charge >= 0.3 is 0 Å². The molecule has 1 aliphatic heterocycles. The van der Waals surface area contributed by atoms with Crippen molar-refractivity contribution in [2.45, 2.75) is 38.5 Å². The van der Waals surface area contributed by atoms with E-state index in [1.54, 1.807) is 0 Å². The third-order valence-electron chi connectivity index (χ3n) is 5.00. The molecule has 24 heavy (non-hydrogen) atoms. The molecule has 1 saturated carbocycles. The number of hydrogen-bond acceptors (Lipinski definition) is 3. The monoisotopic (exact) mass is 352 g/mol. The number of amides is 1. The van der Waals surface area contributed by atoms with Crippen molar-refractivity contribution in [3.05, 3.63) is 29.8 Å². The number of nitrogens with one attached hydrogen (secondary N) is 1. The number of hydrogen-bond donors (Lipinski definition) is 1. The molecule has 0 bridgehead atoms. The highest BCUT2D eigenvalue weighted by molar-refractivity contribution is 5.94. The van der Waals surface area contributed by atoms with Crippen molar-refractivity contribution in [3.63, 3.8) is 0 Å². The molecule has 0 spiro atoms. The van der Waals surface area contributed by atoms with Gasteiger partial charge < -0.3 is 15.0 Å². The third-order valence-corrected chi connectivity index (χ3v) is 5.00. The molecule has 1 aromatic carbocycles. The summed E-state index contributed by atoms with van der Waals surface area (Å²) in [5.74, 6) is 1.76. The topological polar surface area (TPSA) is 41.6 Å². The molecular formula is C19H29ClN2O2. The van der Waals surface area contributed by atoms with Crippen LogP contribution in [0.4, 0.5) is 0 Å². The second kappa shape index (κ2) is 9.90. The SMILES string of the molecule is Cl.O=C(c1cccc(OCCC2CCCCC2)c1)N1CCNCC1. The van der Waals surface area contributed by atoms with Crippen LogP contribution >= 0.6 is 12.4 Å². The van der Waals surface area contributed by atoms with Crippen molar-refractivity contribution in [1.29, 1.82) is 0 Å². The fraction of sp³-hybridized carbons (Fsp3) is 0.632. The van der Waals surface area contributed by atoms with Crippen molar-refractivity contribution >= 4 is 18.3 Å². The predicted molar refractivity (Wildman–Crippen MR) is 99.2 cm³/mol. The van der Waals surface area contributed by atoms with E-state index >= 15 is 0 Å². The van der Waals surface area contributed by atoms with Gasteiger partial charge in [0.25, 0.3) is 5.91 Å². The summed E-state index contributed by atoms with van der Waals surface area (Å²) >= 11 is 0. The zero-order valence-electron chi connectivity index (χ0n) is 14.3. The van der Waals surface area contributed by atoms with E-state index in [4.69, 9.17) is 4.74 Å². The second-order valence-corrected chi connectivity index (χ2v) is 6.71. The summed E-state index contributed by atoms with van der Waals surface area (Å²) < 4.78 is 5.90. The fourth-order valence-electron chi connectivity index (χ4n) is 3.59. The van der Waals surface area contributed by atoms with E-state index in [2.05, 4.69) is 5.32 Å². The Kier molecular flexibility index (Phi) is 7.86. The zero-order valence-corrected chi connectivity index (χ0v) is 15.2. The molecule has 0 atom stereocenters. The maximum absolute atomic E-state index is 12.5. The first-order valence-corrected chi connectivity index (χ1v) is 9.06. The number of piperazine rings is 1. The summed E-state index contributed by atoms with van der Waals surface area (Å²) in [5, 5.41) is 3.27. The molecule has 5 heteroatoms. The van der Waals surface area contributed by atoms with Gasteiger partial charge in [0.15, 0.2) is 0 Å². The fourth-order valence-corrected chi connectivity index (χ4v) is 3.59. The first kappa shape index (κ1) is 19.1. The predicted octanol–water partition coefficient (Wildman–Crippen LogP) is 3.50. The lowest BCUT2D eigenvalue weighted by Gasteiger charge is -2.27. The van der Waals surface area contributed by atoms with Crippen molar-refractivity contribution in [3.8, 4) is 5.75 Å². The number of ether oxygens (including phenoxy) is 1. The highest BCUT2D eigenvalue weighted by atomic mass is 35.5. The molecule has 4 nitrogen and oxygen atoms in total. The highest BCUT2D eigenvalue weighted by Gasteiger charge is 2.18. The number of rotatable bonds is 5. The van der Waals surface area contributed by atoms with Crippen LogP contribution in [0.5, 0.6) is 5.75 Å². The molecule has 1 amide bonds. The maximum Gasteiger partial charge on any atom is 0.254 e. The minimum absolute atomic E-state index is 0. The van der Waals surface area contributed by atoms with Gasteiger partial charge in [-0.05, 0) is 30.5 Å². The van der Waals surface area contributed by atoms with Gasteiger partial charge in [-0.3, -0.25) is 4.79 Å². The largest absolute Gasteiger partial charge is 0.494 e. The molecule has 2 aliphatic rings. The van der Waals surface area contributed by atoms with Crippen molar-refractivity contribution < 1.29 is 9.53 Å². The quantitative estimate of drug-likeness (QED) is 0.881. The van der Waals surface area contributed by atoms with Crippen molar-refractivity contribution in [1.82, 2.24) is 10.2 Å². The van der Waals surface area contributed by atoms with Crippen LogP contribution in [0.3, 0.4) is 0 Å². The normalized spacial score (nSPS) is 18.8. The van der Waals surface area contributed by atoms with Crippen LogP contribution in [0, 0.1) is 5.92 Å². The number of carbonyl (C=O) groups excluding carboxylic acids is 1. The first-order valence-electron chi connectivity index (χ1n) is 9.06. The number of nitrogens with zero attached hydrogens (tertiary/aromatic N) is 1. The van der Waals surface area contributed by atoms with Crippen LogP contribution in [-0.4, -0.2) is 43.6 Å². The Morgan fingerprint density at radius 3 is 2.67 bits per heavy atom. The van der Waals surface area contributed by atoms with Crippen LogP contribution in [-0.2, 0) is 0 Å². The highest BCUT2D eigenvalue weighted by Crippen LogP contribution is 2.26. The summed E-state index contributed by atoms with van der Waals surface area (Å²) in [7, 11) is 0. The van der Waals surface area contributed by atoms with Gasteiger partial charge in [-0.25, -0.2) is 0 Å².